The van der Waals surface area contributed by atoms with Gasteiger partial charge in [0, 0.05) is 0 Å². The molecule has 0 aromatic carbocycles. The molecule has 0 rings (SSSR count). The van der Waals surface area contributed by atoms with Crippen molar-refractivity contribution in [3.05, 3.63) is 0 Å². The Morgan fingerprint density at radius 1 is 0.882 bits per heavy atom. The molecule has 0 amide bonds. The number of rotatable bonds is 3. The van der Waals surface area contributed by atoms with E-state index in [9.17, 15) is 36.4 Å². The molecule has 0 radical (unpaired) electrons. The summed E-state index contributed by atoms with van der Waals surface area (Å²) in [7, 11) is -3.41. The summed E-state index contributed by atoms with van der Waals surface area (Å²) in [5.74, 6) is 0. The zero-order valence-corrected chi connectivity index (χ0v) is 10.5. The van der Waals surface area contributed by atoms with Gasteiger partial charge in [-0.05, 0) is 6.92 Å². The van der Waals surface area contributed by atoms with Crippen molar-refractivity contribution < 1.29 is 90.8 Å². The maximum Gasteiger partial charge on any atom is 1.00 e. The molecule has 0 unspecified atom stereocenters. The van der Waals surface area contributed by atoms with E-state index in [0.29, 0.717) is 0 Å². The molecule has 0 aliphatic carbocycles. The van der Waals surface area contributed by atoms with Gasteiger partial charge < -0.3 is 14.9 Å². The molecule has 0 fully saturated rings. The fraction of sp³-hybridized carbons (Fsp3) is 1.00. The summed E-state index contributed by atoms with van der Waals surface area (Å²) in [6.07, 6.45) is -11.7. The Balaban J connectivity index is -0.000000980. The second-order valence-electron chi connectivity index (χ2n) is 2.50. The molecule has 0 saturated carbocycles. The Kier molecular flexibility index (Phi) is 10.2. The second kappa shape index (κ2) is 7.53. The molecule has 0 aromatic heterocycles. The Bertz CT molecular complexity index is 207. The third-order valence-corrected chi connectivity index (χ3v) is 1.38. The van der Waals surface area contributed by atoms with E-state index in [0.717, 1.165) is 0 Å². The molecule has 0 saturated heterocycles. The third kappa shape index (κ3) is 6.10. The first-order chi connectivity index (χ1) is 6.42. The van der Waals surface area contributed by atoms with E-state index >= 15 is 0 Å². The summed E-state index contributed by atoms with van der Waals surface area (Å²) in [6.45, 7) is -0.407. The number of halogens is 6. The van der Waals surface area contributed by atoms with Gasteiger partial charge in [0.1, 0.15) is 7.32 Å². The van der Waals surface area contributed by atoms with Gasteiger partial charge in [-0.3, -0.25) is 0 Å². The first-order valence-electron chi connectivity index (χ1n) is 3.21. The van der Waals surface area contributed by atoms with Crippen molar-refractivity contribution in [1.29, 1.82) is 0 Å². The van der Waals surface area contributed by atoms with Crippen molar-refractivity contribution in [2.75, 3.05) is 0 Å². The molecule has 0 atom stereocenters. The quantitative estimate of drug-likeness (QED) is 0.250. The molecule has 0 aliphatic heterocycles. The van der Waals surface area contributed by atoms with Gasteiger partial charge in [-0.2, -0.15) is 26.3 Å². The first-order valence-corrected chi connectivity index (χ1v) is 3.21. The smallest absolute Gasteiger partial charge is 0.868 e. The monoisotopic (exact) mass is 454 g/mol. The van der Waals surface area contributed by atoms with Crippen LogP contribution in [0, 0.1) is 0 Å². The number of hydrogen-bond acceptors (Lipinski definition) is 4. The van der Waals surface area contributed by atoms with Crippen LogP contribution in [0.25, 0.3) is 0 Å². The van der Waals surface area contributed by atoms with Crippen LogP contribution in [0.4, 0.5) is 26.3 Å². The molecule has 0 bridgehead atoms. The van der Waals surface area contributed by atoms with Gasteiger partial charge in [-0.25, -0.2) is 4.89 Å². The Morgan fingerprint density at radius 3 is 1.35 bits per heavy atom. The molecule has 17 heavy (non-hydrogen) atoms. The fourth-order valence-corrected chi connectivity index (χ4v) is 0.391. The van der Waals surface area contributed by atoms with Crippen molar-refractivity contribution in [3.8, 4) is 0 Å². The molecule has 0 aromatic rings. The van der Waals surface area contributed by atoms with Gasteiger partial charge in [0.05, 0.1) is 0 Å². The van der Waals surface area contributed by atoms with E-state index < -0.39 is 32.2 Å². The van der Waals surface area contributed by atoms with Crippen LogP contribution in [-0.4, -0.2) is 25.3 Å². The van der Waals surface area contributed by atoms with Crippen molar-refractivity contribution in [3.63, 3.8) is 0 Å². The van der Waals surface area contributed by atoms with E-state index in [1.807, 2.05) is 0 Å². The summed E-state index contributed by atoms with van der Waals surface area (Å²) in [5.41, 5.74) is -4.72. The predicted octanol–water partition coefficient (Wildman–Crippen LogP) is -0.482. The maximum absolute atomic E-state index is 11.9. The molecule has 13 heteroatoms. The molecule has 110 valence electrons. The molecule has 0 heterocycles. The molecular weight excluding hydrogens is 453 g/mol. The second-order valence-corrected chi connectivity index (χ2v) is 2.50. The molecule has 0 N–H and O–H groups in total. The van der Waals surface area contributed by atoms with Crippen LogP contribution in [-0.2, 0) is 54.5 Å². The Morgan fingerprint density at radius 2 is 1.18 bits per heavy atom. The standard InChI is InChI=1S/C4H3BF6O4.2Ag/c1-2(3(6,7)8,4(9,10)11)14-15-5(12)13;;/h1H3;;/q-2;2*+1. The molecule has 0 spiro atoms. The van der Waals surface area contributed by atoms with Gasteiger partial charge in [0.2, 0.25) is 0 Å². The SMILES string of the molecule is CC(OOB([O-])[O-])(C(F)(F)F)C(F)(F)F.[Ag+].[Ag+]. The zero-order chi connectivity index (χ0) is 12.5. The third-order valence-electron chi connectivity index (χ3n) is 1.38. The molecule has 4 nitrogen and oxygen atoms in total. The van der Waals surface area contributed by atoms with E-state index in [4.69, 9.17) is 0 Å². The van der Waals surface area contributed by atoms with Gasteiger partial charge >= 0.3 is 57.1 Å². The van der Waals surface area contributed by atoms with Gasteiger partial charge in [-0.1, -0.05) is 0 Å². The van der Waals surface area contributed by atoms with Crippen LogP contribution < -0.4 is 10.0 Å². The molecule has 0 aliphatic rings. The van der Waals surface area contributed by atoms with E-state index in [2.05, 4.69) is 9.69 Å². The topological polar surface area (TPSA) is 64.6 Å². The summed E-state index contributed by atoms with van der Waals surface area (Å²) < 4.78 is 71.5. The van der Waals surface area contributed by atoms with Crippen molar-refractivity contribution in [2.24, 2.45) is 0 Å². The average Bonchev–Trinajstić information content (AvgIpc) is 1.95. The maximum atomic E-state index is 11.9. The van der Waals surface area contributed by atoms with Gasteiger partial charge in [0.15, 0.2) is 0 Å². The normalized spacial score (nSPS) is 12.5. The van der Waals surface area contributed by atoms with E-state index in [1.165, 1.54) is 0 Å². The van der Waals surface area contributed by atoms with Crippen LogP contribution in [0.15, 0.2) is 0 Å². The summed E-state index contributed by atoms with van der Waals surface area (Å²) >= 11 is 0. The first kappa shape index (κ1) is 23.1. The van der Waals surface area contributed by atoms with Crippen LogP contribution in [0.3, 0.4) is 0 Å². The van der Waals surface area contributed by atoms with Crippen LogP contribution in [0.5, 0.6) is 0 Å². The average molecular weight is 456 g/mol. The summed E-state index contributed by atoms with van der Waals surface area (Å²) in [6, 6.07) is 0. The van der Waals surface area contributed by atoms with E-state index in [1.54, 1.807) is 0 Å². The molecular formula is C4H3Ag2BF6O4. The minimum Gasteiger partial charge on any atom is -0.868 e. The van der Waals surface area contributed by atoms with Crippen LogP contribution in [0.2, 0.25) is 0 Å². The largest absolute Gasteiger partial charge is 1.00 e. The predicted molar refractivity (Wildman–Crippen MR) is 28.4 cm³/mol. The van der Waals surface area contributed by atoms with E-state index in [-0.39, 0.29) is 44.8 Å². The fourth-order valence-electron chi connectivity index (χ4n) is 0.391. The van der Waals surface area contributed by atoms with Gasteiger partial charge in [0.25, 0.3) is 5.60 Å². The van der Waals surface area contributed by atoms with Crippen LogP contribution in [0.1, 0.15) is 6.92 Å². The summed E-state index contributed by atoms with van der Waals surface area (Å²) in [4.78, 5) is 5.65. The Labute approximate surface area is 123 Å². The zero-order valence-electron chi connectivity index (χ0n) is 7.58. The summed E-state index contributed by atoms with van der Waals surface area (Å²) in [5, 5.41) is 19.2. The number of hydrogen-bond donors (Lipinski definition) is 0. The Hall–Kier alpha value is 0.965. The van der Waals surface area contributed by atoms with Crippen molar-refractivity contribution in [2.45, 2.75) is 24.9 Å². The van der Waals surface area contributed by atoms with Crippen molar-refractivity contribution >= 4 is 7.32 Å². The number of alkyl halides is 6. The van der Waals surface area contributed by atoms with Gasteiger partial charge in [-0.15, -0.1) is 0 Å². The van der Waals surface area contributed by atoms with Crippen LogP contribution >= 0.6 is 0 Å². The minimum absolute atomic E-state index is 0. The van der Waals surface area contributed by atoms with Crippen molar-refractivity contribution in [1.82, 2.24) is 0 Å². The minimum atomic E-state index is -5.87.